The summed E-state index contributed by atoms with van der Waals surface area (Å²) in [4.78, 5) is 0. The van der Waals surface area contributed by atoms with Gasteiger partial charge in [0.05, 0.1) is 6.20 Å². The molecule has 1 aromatic heterocycles. The second-order valence-corrected chi connectivity index (χ2v) is 4.85. The fraction of sp³-hybridized carbons (Fsp3) is 0.400. The van der Waals surface area contributed by atoms with Gasteiger partial charge >= 0.3 is 0 Å². The minimum absolute atomic E-state index is 0.115. The normalized spacial score (nSPS) is 12.6. The van der Waals surface area contributed by atoms with Gasteiger partial charge in [-0.25, -0.2) is 4.39 Å². The third-order valence-corrected chi connectivity index (χ3v) is 3.25. The van der Waals surface area contributed by atoms with Crippen molar-refractivity contribution in [2.24, 2.45) is 7.05 Å². The Bertz CT molecular complexity index is 548. The Morgan fingerprint density at radius 1 is 1.42 bits per heavy atom. The molecule has 0 amide bonds. The fourth-order valence-electron chi connectivity index (χ4n) is 2.19. The summed E-state index contributed by atoms with van der Waals surface area (Å²) in [5, 5.41) is 7.57. The third-order valence-electron chi connectivity index (χ3n) is 3.25. The van der Waals surface area contributed by atoms with Gasteiger partial charge in [0.2, 0.25) is 0 Å². The van der Waals surface area contributed by atoms with E-state index in [4.69, 9.17) is 0 Å². The van der Waals surface area contributed by atoms with E-state index in [1.165, 1.54) is 0 Å². The van der Waals surface area contributed by atoms with Crippen LogP contribution in [0.3, 0.4) is 0 Å². The summed E-state index contributed by atoms with van der Waals surface area (Å²) < 4.78 is 15.5. The number of halogens is 1. The van der Waals surface area contributed by atoms with Gasteiger partial charge in [0.25, 0.3) is 0 Å². The highest BCUT2D eigenvalue weighted by atomic mass is 19.1. The minimum Gasteiger partial charge on any atom is -0.310 e. The SMILES string of the molecule is CCNC(Cc1cnn(C)c1)c1ccc(C)c(F)c1. The van der Waals surface area contributed by atoms with Gasteiger partial charge in [-0.1, -0.05) is 19.1 Å². The molecule has 1 unspecified atom stereocenters. The van der Waals surface area contributed by atoms with E-state index in [1.54, 1.807) is 17.7 Å². The highest BCUT2D eigenvalue weighted by molar-refractivity contribution is 5.27. The number of likely N-dealkylation sites (N-methyl/N-ethyl adjacent to an activating group) is 1. The summed E-state index contributed by atoms with van der Waals surface area (Å²) in [5.41, 5.74) is 2.81. The maximum atomic E-state index is 13.7. The molecule has 19 heavy (non-hydrogen) atoms. The second-order valence-electron chi connectivity index (χ2n) is 4.85. The molecule has 2 rings (SSSR count). The molecule has 2 aromatic rings. The van der Waals surface area contributed by atoms with Gasteiger partial charge in [0, 0.05) is 19.3 Å². The molecule has 0 bridgehead atoms. The topological polar surface area (TPSA) is 29.9 Å². The van der Waals surface area contributed by atoms with E-state index < -0.39 is 0 Å². The molecule has 0 aliphatic heterocycles. The number of hydrogen-bond acceptors (Lipinski definition) is 2. The smallest absolute Gasteiger partial charge is 0.126 e. The molecule has 0 aliphatic carbocycles. The summed E-state index contributed by atoms with van der Waals surface area (Å²) in [6.07, 6.45) is 4.66. The number of hydrogen-bond donors (Lipinski definition) is 1. The van der Waals surface area contributed by atoms with Crippen LogP contribution in [0, 0.1) is 12.7 Å². The predicted octanol–water partition coefficient (Wildman–Crippen LogP) is 2.76. The van der Waals surface area contributed by atoms with E-state index in [-0.39, 0.29) is 11.9 Å². The van der Waals surface area contributed by atoms with Crippen molar-refractivity contribution < 1.29 is 4.39 Å². The van der Waals surface area contributed by atoms with Gasteiger partial charge in [-0.2, -0.15) is 5.10 Å². The first-order valence-corrected chi connectivity index (χ1v) is 6.57. The van der Waals surface area contributed by atoms with Crippen LogP contribution < -0.4 is 5.32 Å². The van der Waals surface area contributed by atoms with Crippen LogP contribution in [0.1, 0.15) is 29.7 Å². The molecule has 1 atom stereocenters. The molecule has 1 aromatic carbocycles. The van der Waals surface area contributed by atoms with E-state index in [0.29, 0.717) is 5.56 Å². The monoisotopic (exact) mass is 261 g/mol. The molecule has 0 radical (unpaired) electrons. The Hall–Kier alpha value is -1.68. The average Bonchev–Trinajstić information content (AvgIpc) is 2.78. The number of nitrogens with one attached hydrogen (secondary N) is 1. The molecular formula is C15H20FN3. The summed E-state index contributed by atoms with van der Waals surface area (Å²) >= 11 is 0. The average molecular weight is 261 g/mol. The molecule has 0 spiro atoms. The van der Waals surface area contributed by atoms with Crippen molar-refractivity contribution in [1.29, 1.82) is 0 Å². The van der Waals surface area contributed by atoms with Crippen LogP contribution in [0.25, 0.3) is 0 Å². The van der Waals surface area contributed by atoms with Crippen LogP contribution in [0.5, 0.6) is 0 Å². The van der Waals surface area contributed by atoms with E-state index in [9.17, 15) is 4.39 Å². The van der Waals surface area contributed by atoms with Crippen LogP contribution in [0.15, 0.2) is 30.6 Å². The first-order valence-electron chi connectivity index (χ1n) is 6.57. The van der Waals surface area contributed by atoms with E-state index in [2.05, 4.69) is 17.3 Å². The predicted molar refractivity (Wildman–Crippen MR) is 74.5 cm³/mol. The molecular weight excluding hydrogens is 241 g/mol. The molecule has 1 heterocycles. The van der Waals surface area contributed by atoms with Crippen LogP contribution in [-0.2, 0) is 13.5 Å². The molecule has 0 aliphatic rings. The van der Waals surface area contributed by atoms with Gasteiger partial charge in [0.1, 0.15) is 5.82 Å². The van der Waals surface area contributed by atoms with Gasteiger partial charge in [0.15, 0.2) is 0 Å². The lowest BCUT2D eigenvalue weighted by molar-refractivity contribution is 0.541. The van der Waals surface area contributed by atoms with Crippen molar-refractivity contribution in [1.82, 2.24) is 15.1 Å². The van der Waals surface area contributed by atoms with Gasteiger partial charge in [-0.05, 0) is 42.6 Å². The number of rotatable bonds is 5. The summed E-state index contributed by atoms with van der Waals surface area (Å²) in [5.74, 6) is -0.147. The number of benzene rings is 1. The van der Waals surface area contributed by atoms with Crippen molar-refractivity contribution in [3.05, 3.63) is 53.1 Å². The molecule has 1 N–H and O–H groups in total. The Morgan fingerprint density at radius 3 is 2.79 bits per heavy atom. The maximum Gasteiger partial charge on any atom is 0.126 e. The van der Waals surface area contributed by atoms with E-state index in [1.807, 2.05) is 31.6 Å². The second kappa shape index (κ2) is 5.97. The van der Waals surface area contributed by atoms with E-state index in [0.717, 1.165) is 24.1 Å². The quantitative estimate of drug-likeness (QED) is 0.897. The van der Waals surface area contributed by atoms with Crippen molar-refractivity contribution >= 4 is 0 Å². The number of aromatic nitrogens is 2. The Balaban J connectivity index is 2.21. The Morgan fingerprint density at radius 2 is 2.21 bits per heavy atom. The zero-order valence-electron chi connectivity index (χ0n) is 11.7. The zero-order valence-corrected chi connectivity index (χ0v) is 11.7. The maximum absolute atomic E-state index is 13.7. The van der Waals surface area contributed by atoms with Gasteiger partial charge in [-0.15, -0.1) is 0 Å². The Labute approximate surface area is 113 Å². The van der Waals surface area contributed by atoms with Crippen molar-refractivity contribution in [3.63, 3.8) is 0 Å². The Kier molecular flexibility index (Phi) is 4.32. The van der Waals surface area contributed by atoms with Crippen molar-refractivity contribution in [2.45, 2.75) is 26.3 Å². The highest BCUT2D eigenvalue weighted by Gasteiger charge is 2.13. The molecule has 0 fully saturated rings. The number of nitrogens with zero attached hydrogens (tertiary/aromatic N) is 2. The van der Waals surface area contributed by atoms with Crippen LogP contribution in [0.4, 0.5) is 4.39 Å². The van der Waals surface area contributed by atoms with Gasteiger partial charge in [-0.3, -0.25) is 4.68 Å². The van der Waals surface area contributed by atoms with Crippen LogP contribution in [0.2, 0.25) is 0 Å². The number of aryl methyl sites for hydroxylation is 2. The van der Waals surface area contributed by atoms with Crippen LogP contribution in [-0.4, -0.2) is 16.3 Å². The summed E-state index contributed by atoms with van der Waals surface area (Å²) in [6, 6.07) is 5.56. The van der Waals surface area contributed by atoms with Gasteiger partial charge < -0.3 is 5.32 Å². The molecule has 0 saturated heterocycles. The highest BCUT2D eigenvalue weighted by Crippen LogP contribution is 2.20. The first-order chi connectivity index (χ1) is 9.10. The largest absolute Gasteiger partial charge is 0.310 e. The lowest BCUT2D eigenvalue weighted by Gasteiger charge is -2.18. The molecule has 102 valence electrons. The third kappa shape index (κ3) is 3.41. The first kappa shape index (κ1) is 13.7. The minimum atomic E-state index is -0.147. The van der Waals surface area contributed by atoms with Crippen molar-refractivity contribution in [3.8, 4) is 0 Å². The van der Waals surface area contributed by atoms with Crippen LogP contribution >= 0.6 is 0 Å². The van der Waals surface area contributed by atoms with E-state index >= 15 is 0 Å². The molecule has 4 heteroatoms. The zero-order chi connectivity index (χ0) is 13.8. The summed E-state index contributed by atoms with van der Waals surface area (Å²) in [7, 11) is 1.90. The lowest BCUT2D eigenvalue weighted by atomic mass is 9.99. The standard InChI is InChI=1S/C15H20FN3/c1-4-17-15(7-12-9-18-19(3)10-12)13-6-5-11(2)14(16)8-13/h5-6,8-10,15,17H,4,7H2,1-3H3. The fourth-order valence-corrected chi connectivity index (χ4v) is 2.19. The molecule has 3 nitrogen and oxygen atoms in total. The summed E-state index contributed by atoms with van der Waals surface area (Å²) in [6.45, 7) is 4.68. The lowest BCUT2D eigenvalue weighted by Crippen LogP contribution is -2.23. The molecule has 0 saturated carbocycles. The van der Waals surface area contributed by atoms with Crippen molar-refractivity contribution in [2.75, 3.05) is 6.54 Å².